The molecular formula is C17H20N2O2. The number of carboxylic acid groups (broad SMARTS) is 1. The van der Waals surface area contributed by atoms with Gasteiger partial charge in [-0.05, 0) is 37.2 Å². The van der Waals surface area contributed by atoms with Gasteiger partial charge in [0, 0.05) is 18.8 Å². The van der Waals surface area contributed by atoms with Crippen LogP contribution in [0.1, 0.15) is 34.2 Å². The molecule has 0 fully saturated rings. The lowest BCUT2D eigenvalue weighted by atomic mass is 10.1. The van der Waals surface area contributed by atoms with Crippen LogP contribution in [0.15, 0.2) is 42.5 Å². The molecule has 4 nitrogen and oxygen atoms in total. The van der Waals surface area contributed by atoms with Crippen molar-refractivity contribution in [3.8, 4) is 0 Å². The van der Waals surface area contributed by atoms with Crippen LogP contribution < -0.4 is 0 Å². The third kappa shape index (κ3) is 4.13. The van der Waals surface area contributed by atoms with Crippen LogP contribution >= 0.6 is 0 Å². The Labute approximate surface area is 125 Å². The molecule has 0 saturated carbocycles. The Kier molecular flexibility index (Phi) is 5.06. The van der Waals surface area contributed by atoms with Gasteiger partial charge in [-0.3, -0.25) is 9.88 Å². The van der Waals surface area contributed by atoms with Crippen molar-refractivity contribution in [2.75, 3.05) is 6.54 Å². The normalized spacial score (nSPS) is 10.8. The number of pyridine rings is 1. The molecule has 1 heterocycles. The molecule has 0 aliphatic carbocycles. The minimum atomic E-state index is -0.879. The minimum Gasteiger partial charge on any atom is -0.478 e. The van der Waals surface area contributed by atoms with Gasteiger partial charge >= 0.3 is 5.97 Å². The van der Waals surface area contributed by atoms with Crippen molar-refractivity contribution in [3.63, 3.8) is 0 Å². The van der Waals surface area contributed by atoms with E-state index in [-0.39, 0.29) is 0 Å². The van der Waals surface area contributed by atoms with Gasteiger partial charge in [0.05, 0.1) is 11.3 Å². The average molecular weight is 284 g/mol. The molecule has 0 saturated heterocycles. The first-order valence-electron chi connectivity index (χ1n) is 7.06. The van der Waals surface area contributed by atoms with E-state index in [0.717, 1.165) is 23.5 Å². The number of carbonyl (C=O) groups is 1. The van der Waals surface area contributed by atoms with Gasteiger partial charge in [-0.2, -0.15) is 0 Å². The van der Waals surface area contributed by atoms with Crippen LogP contribution in [0.2, 0.25) is 0 Å². The van der Waals surface area contributed by atoms with Crippen molar-refractivity contribution in [2.24, 2.45) is 0 Å². The summed E-state index contributed by atoms with van der Waals surface area (Å²) in [6.45, 7) is 6.20. The first kappa shape index (κ1) is 15.2. The lowest BCUT2D eigenvalue weighted by molar-refractivity contribution is 0.0694. The first-order chi connectivity index (χ1) is 10.1. The summed E-state index contributed by atoms with van der Waals surface area (Å²) in [6, 6.07) is 13.1. The molecule has 110 valence electrons. The zero-order valence-electron chi connectivity index (χ0n) is 12.4. The number of benzene rings is 1. The smallest absolute Gasteiger partial charge is 0.336 e. The molecule has 0 bridgehead atoms. The van der Waals surface area contributed by atoms with Crippen molar-refractivity contribution in [2.45, 2.75) is 26.9 Å². The minimum absolute atomic E-state index is 0.369. The highest BCUT2D eigenvalue weighted by molar-refractivity contribution is 5.89. The van der Waals surface area contributed by atoms with E-state index in [1.807, 2.05) is 37.3 Å². The fourth-order valence-electron chi connectivity index (χ4n) is 2.30. The third-order valence-electron chi connectivity index (χ3n) is 3.42. The van der Waals surface area contributed by atoms with E-state index in [1.54, 1.807) is 12.1 Å². The Morgan fingerprint density at radius 3 is 2.57 bits per heavy atom. The molecule has 0 unspecified atom stereocenters. The third-order valence-corrected chi connectivity index (χ3v) is 3.42. The van der Waals surface area contributed by atoms with Crippen LogP contribution in [-0.4, -0.2) is 27.5 Å². The molecular weight excluding hydrogens is 264 g/mol. The van der Waals surface area contributed by atoms with E-state index in [1.165, 1.54) is 0 Å². The van der Waals surface area contributed by atoms with Gasteiger partial charge < -0.3 is 5.11 Å². The summed E-state index contributed by atoms with van der Waals surface area (Å²) in [5.74, 6) is -0.879. The summed E-state index contributed by atoms with van der Waals surface area (Å²) in [6.07, 6.45) is 0. The highest BCUT2D eigenvalue weighted by Gasteiger charge is 2.12. The van der Waals surface area contributed by atoms with E-state index < -0.39 is 5.97 Å². The highest BCUT2D eigenvalue weighted by Crippen LogP contribution is 2.13. The summed E-state index contributed by atoms with van der Waals surface area (Å²) in [5.41, 5.74) is 3.20. The summed E-state index contributed by atoms with van der Waals surface area (Å²) >= 11 is 0. The predicted octanol–water partition coefficient (Wildman–Crippen LogP) is 3.11. The molecule has 1 aromatic carbocycles. The van der Waals surface area contributed by atoms with Crippen LogP contribution in [0.3, 0.4) is 0 Å². The van der Waals surface area contributed by atoms with Crippen LogP contribution in [0.5, 0.6) is 0 Å². The summed E-state index contributed by atoms with van der Waals surface area (Å²) in [7, 11) is 0. The Bertz CT molecular complexity index is 626. The number of hydrogen-bond acceptors (Lipinski definition) is 3. The van der Waals surface area contributed by atoms with E-state index >= 15 is 0 Å². The predicted molar refractivity (Wildman–Crippen MR) is 82.2 cm³/mol. The van der Waals surface area contributed by atoms with Crippen molar-refractivity contribution in [1.29, 1.82) is 0 Å². The topological polar surface area (TPSA) is 53.4 Å². The molecule has 2 rings (SSSR count). The lowest BCUT2D eigenvalue weighted by Gasteiger charge is -2.21. The van der Waals surface area contributed by atoms with Crippen LogP contribution in [0, 0.1) is 6.92 Å². The molecule has 0 aliphatic rings. The fraction of sp³-hybridized carbons (Fsp3) is 0.294. The molecule has 0 aliphatic heterocycles. The number of rotatable bonds is 6. The van der Waals surface area contributed by atoms with E-state index in [9.17, 15) is 9.90 Å². The zero-order chi connectivity index (χ0) is 15.2. The van der Waals surface area contributed by atoms with Gasteiger partial charge in [0.1, 0.15) is 0 Å². The van der Waals surface area contributed by atoms with Crippen molar-refractivity contribution in [3.05, 3.63) is 65.0 Å². The Morgan fingerprint density at radius 1 is 1.14 bits per heavy atom. The molecule has 0 atom stereocenters. The van der Waals surface area contributed by atoms with Crippen LogP contribution in [-0.2, 0) is 13.1 Å². The fourth-order valence-corrected chi connectivity index (χ4v) is 2.30. The SMILES string of the molecule is CCN(Cc1cccc(C)n1)Cc1ccccc1C(=O)O. The van der Waals surface area contributed by atoms with Gasteiger partial charge in [0.2, 0.25) is 0 Å². The van der Waals surface area contributed by atoms with Gasteiger partial charge in [-0.25, -0.2) is 4.79 Å². The highest BCUT2D eigenvalue weighted by atomic mass is 16.4. The van der Waals surface area contributed by atoms with E-state index in [2.05, 4.69) is 16.8 Å². The molecule has 4 heteroatoms. The van der Waals surface area contributed by atoms with Crippen molar-refractivity contribution in [1.82, 2.24) is 9.88 Å². The monoisotopic (exact) mass is 284 g/mol. The number of carboxylic acids is 1. The number of aromatic carboxylic acids is 1. The second-order valence-electron chi connectivity index (χ2n) is 5.04. The number of aromatic nitrogens is 1. The Morgan fingerprint density at radius 2 is 1.90 bits per heavy atom. The number of hydrogen-bond donors (Lipinski definition) is 1. The molecule has 1 N–H and O–H groups in total. The molecule has 0 radical (unpaired) electrons. The molecule has 21 heavy (non-hydrogen) atoms. The van der Waals surface area contributed by atoms with E-state index in [4.69, 9.17) is 0 Å². The zero-order valence-corrected chi connectivity index (χ0v) is 12.4. The maximum Gasteiger partial charge on any atom is 0.336 e. The quantitative estimate of drug-likeness (QED) is 0.885. The Hall–Kier alpha value is -2.20. The summed E-state index contributed by atoms with van der Waals surface area (Å²) < 4.78 is 0. The number of aryl methyl sites for hydroxylation is 1. The first-order valence-corrected chi connectivity index (χ1v) is 7.06. The maximum absolute atomic E-state index is 11.3. The number of nitrogens with zero attached hydrogens (tertiary/aromatic N) is 2. The van der Waals surface area contributed by atoms with Gasteiger partial charge in [-0.15, -0.1) is 0 Å². The van der Waals surface area contributed by atoms with Crippen LogP contribution in [0.25, 0.3) is 0 Å². The van der Waals surface area contributed by atoms with E-state index in [0.29, 0.717) is 18.7 Å². The average Bonchev–Trinajstić information content (AvgIpc) is 2.47. The molecule has 2 aromatic rings. The van der Waals surface area contributed by atoms with Crippen molar-refractivity contribution < 1.29 is 9.90 Å². The van der Waals surface area contributed by atoms with Crippen LogP contribution in [0.4, 0.5) is 0 Å². The summed E-state index contributed by atoms with van der Waals surface area (Å²) in [5, 5.41) is 9.25. The second-order valence-corrected chi connectivity index (χ2v) is 5.04. The molecule has 0 amide bonds. The lowest BCUT2D eigenvalue weighted by Crippen LogP contribution is -2.24. The van der Waals surface area contributed by atoms with Crippen molar-refractivity contribution >= 4 is 5.97 Å². The maximum atomic E-state index is 11.3. The van der Waals surface area contributed by atoms with Gasteiger partial charge in [0.25, 0.3) is 0 Å². The van der Waals surface area contributed by atoms with Gasteiger partial charge in [-0.1, -0.05) is 31.2 Å². The Balaban J connectivity index is 2.14. The van der Waals surface area contributed by atoms with Gasteiger partial charge in [0.15, 0.2) is 0 Å². The largest absolute Gasteiger partial charge is 0.478 e. The summed E-state index contributed by atoms with van der Waals surface area (Å²) in [4.78, 5) is 17.9. The second kappa shape index (κ2) is 6.99. The molecule has 0 spiro atoms. The molecule has 1 aromatic heterocycles. The standard InChI is InChI=1S/C17H20N2O2/c1-3-19(12-15-9-6-7-13(2)18-15)11-14-8-4-5-10-16(14)17(20)21/h4-10H,3,11-12H2,1-2H3,(H,20,21).